The molecule has 2 rings (SSSR count). The van der Waals surface area contributed by atoms with Crippen LogP contribution >= 0.6 is 0 Å². The molecule has 2 aromatic carbocycles. The van der Waals surface area contributed by atoms with Crippen molar-refractivity contribution in [2.75, 3.05) is 13.2 Å². The molecule has 136 valence electrons. The lowest BCUT2D eigenvalue weighted by Crippen LogP contribution is -2.42. The van der Waals surface area contributed by atoms with Crippen LogP contribution in [0.2, 0.25) is 0 Å². The molecule has 0 aliphatic carbocycles. The van der Waals surface area contributed by atoms with Crippen molar-refractivity contribution in [2.24, 2.45) is 11.3 Å². The molecule has 0 amide bonds. The first kappa shape index (κ1) is 19.6. The summed E-state index contributed by atoms with van der Waals surface area (Å²) in [5.74, 6) is 0.123. The van der Waals surface area contributed by atoms with Crippen LogP contribution in [0.5, 0.6) is 0 Å². The number of aliphatic hydroxyl groups is 2. The van der Waals surface area contributed by atoms with Crippen molar-refractivity contribution in [3.8, 4) is 0 Å². The Balaban J connectivity index is 2.02. The first-order valence-electron chi connectivity index (χ1n) is 9.03. The highest BCUT2D eigenvalue weighted by Gasteiger charge is 2.31. The highest BCUT2D eigenvalue weighted by molar-refractivity contribution is 5.19. The molecule has 3 N–H and O–H groups in total. The zero-order valence-corrected chi connectivity index (χ0v) is 15.5. The van der Waals surface area contributed by atoms with Gasteiger partial charge in [-0.25, -0.2) is 0 Å². The van der Waals surface area contributed by atoms with Gasteiger partial charge >= 0.3 is 0 Å². The summed E-state index contributed by atoms with van der Waals surface area (Å²) in [6.07, 6.45) is 0.348. The molecule has 3 heteroatoms. The van der Waals surface area contributed by atoms with E-state index in [1.54, 1.807) is 0 Å². The molecule has 0 saturated heterocycles. The normalized spacial score (nSPS) is 15.6. The lowest BCUT2D eigenvalue weighted by atomic mass is 9.74. The molecule has 0 saturated carbocycles. The maximum Gasteiger partial charge on any atom is 0.0701 e. The van der Waals surface area contributed by atoms with Crippen molar-refractivity contribution in [2.45, 2.75) is 39.3 Å². The Morgan fingerprint density at radius 2 is 1.48 bits per heavy atom. The molecule has 25 heavy (non-hydrogen) atoms. The third-order valence-corrected chi connectivity index (χ3v) is 4.83. The molecule has 0 radical (unpaired) electrons. The number of benzene rings is 2. The number of rotatable bonds is 8. The third kappa shape index (κ3) is 5.96. The molecule has 3 nitrogen and oxygen atoms in total. The van der Waals surface area contributed by atoms with Crippen molar-refractivity contribution < 1.29 is 10.2 Å². The summed E-state index contributed by atoms with van der Waals surface area (Å²) in [5, 5.41) is 23.9. The van der Waals surface area contributed by atoms with E-state index >= 15 is 0 Å². The average Bonchev–Trinajstić information content (AvgIpc) is 2.61. The van der Waals surface area contributed by atoms with Crippen molar-refractivity contribution in [3.63, 3.8) is 0 Å². The van der Waals surface area contributed by atoms with Crippen LogP contribution in [0.15, 0.2) is 60.7 Å². The lowest BCUT2D eigenvalue weighted by molar-refractivity contribution is 0.0392. The van der Waals surface area contributed by atoms with Crippen LogP contribution in [0.25, 0.3) is 0 Å². The van der Waals surface area contributed by atoms with E-state index in [4.69, 9.17) is 0 Å². The second-order valence-corrected chi connectivity index (χ2v) is 7.78. The van der Waals surface area contributed by atoms with E-state index in [2.05, 4.69) is 38.2 Å². The predicted octanol–water partition coefficient (Wildman–Crippen LogP) is 3.58. The summed E-state index contributed by atoms with van der Waals surface area (Å²) in [6.45, 7) is 6.98. The van der Waals surface area contributed by atoms with Gasteiger partial charge in [0.1, 0.15) is 0 Å². The molecule has 0 aliphatic heterocycles. The minimum atomic E-state index is -0.488. The fourth-order valence-corrected chi connectivity index (χ4v) is 3.27. The van der Waals surface area contributed by atoms with Gasteiger partial charge in [0.15, 0.2) is 0 Å². The highest BCUT2D eigenvalue weighted by Crippen LogP contribution is 2.32. The van der Waals surface area contributed by atoms with Crippen molar-refractivity contribution in [1.82, 2.24) is 5.32 Å². The molecule has 1 unspecified atom stereocenters. The van der Waals surface area contributed by atoms with Gasteiger partial charge in [-0.3, -0.25) is 0 Å². The Labute approximate surface area is 151 Å². The molecule has 0 bridgehead atoms. The van der Waals surface area contributed by atoms with Crippen LogP contribution in [0.1, 0.15) is 37.9 Å². The first-order valence-corrected chi connectivity index (χ1v) is 9.03. The van der Waals surface area contributed by atoms with Gasteiger partial charge in [-0.1, -0.05) is 81.4 Å². The smallest absolute Gasteiger partial charge is 0.0701 e. The standard InChI is InChI=1S/C22H31NO2/c1-22(2,3)19(14-17-10-6-4-7-11-17)21(25)15-23-20(16-24)18-12-8-5-9-13-18/h4-13,19-21,23-25H,14-16H2,1-3H3/t19?,20-,21-/m0/s1. The van der Waals surface area contributed by atoms with E-state index in [1.807, 2.05) is 48.5 Å². The van der Waals surface area contributed by atoms with Crippen LogP contribution in [0, 0.1) is 11.3 Å². The van der Waals surface area contributed by atoms with Gasteiger partial charge in [0.2, 0.25) is 0 Å². The van der Waals surface area contributed by atoms with Gasteiger partial charge in [0.05, 0.1) is 18.8 Å². The van der Waals surface area contributed by atoms with E-state index in [-0.39, 0.29) is 24.0 Å². The highest BCUT2D eigenvalue weighted by atomic mass is 16.3. The lowest BCUT2D eigenvalue weighted by Gasteiger charge is -2.35. The second-order valence-electron chi connectivity index (χ2n) is 7.78. The Hall–Kier alpha value is -1.68. The van der Waals surface area contributed by atoms with Crippen molar-refractivity contribution in [1.29, 1.82) is 0 Å². The summed E-state index contributed by atoms with van der Waals surface area (Å²) >= 11 is 0. The van der Waals surface area contributed by atoms with Crippen LogP contribution in [0.3, 0.4) is 0 Å². The first-order chi connectivity index (χ1) is 11.9. The van der Waals surface area contributed by atoms with Crippen molar-refractivity contribution in [3.05, 3.63) is 71.8 Å². The topological polar surface area (TPSA) is 52.5 Å². The molecule has 0 heterocycles. The number of nitrogens with one attached hydrogen (secondary N) is 1. The molecule has 0 spiro atoms. The van der Waals surface area contributed by atoms with E-state index in [1.165, 1.54) is 5.56 Å². The van der Waals surface area contributed by atoms with Gasteiger partial charge in [0.25, 0.3) is 0 Å². The van der Waals surface area contributed by atoms with Crippen LogP contribution in [-0.2, 0) is 6.42 Å². The molecule has 0 fully saturated rings. The minimum Gasteiger partial charge on any atom is -0.394 e. The number of hydrogen-bond donors (Lipinski definition) is 3. The SMILES string of the molecule is CC(C)(C)C(Cc1ccccc1)[C@@H](O)CN[C@@H](CO)c1ccccc1. The van der Waals surface area contributed by atoms with Gasteiger partial charge in [-0.15, -0.1) is 0 Å². The Kier molecular flexibility index (Phi) is 7.18. The molecular weight excluding hydrogens is 310 g/mol. The number of aliphatic hydroxyl groups excluding tert-OH is 2. The average molecular weight is 341 g/mol. The molecule has 0 aliphatic rings. The Morgan fingerprint density at radius 1 is 0.920 bits per heavy atom. The summed E-state index contributed by atoms with van der Waals surface area (Å²) < 4.78 is 0. The molecule has 0 aromatic heterocycles. The maximum atomic E-state index is 10.9. The Morgan fingerprint density at radius 3 is 2.00 bits per heavy atom. The zero-order valence-electron chi connectivity index (χ0n) is 15.5. The predicted molar refractivity (Wildman–Crippen MR) is 103 cm³/mol. The number of hydrogen-bond acceptors (Lipinski definition) is 3. The Bertz CT molecular complexity index is 607. The minimum absolute atomic E-state index is 0.00953. The van der Waals surface area contributed by atoms with Gasteiger partial charge in [-0.05, 0) is 28.9 Å². The molecular formula is C22H31NO2. The van der Waals surface area contributed by atoms with Gasteiger partial charge in [0, 0.05) is 6.54 Å². The molecule has 2 aromatic rings. The van der Waals surface area contributed by atoms with Crippen LogP contribution in [0.4, 0.5) is 0 Å². The summed E-state index contributed by atoms with van der Waals surface area (Å²) in [4.78, 5) is 0. The largest absolute Gasteiger partial charge is 0.394 e. The molecule has 3 atom stereocenters. The van der Waals surface area contributed by atoms with E-state index in [9.17, 15) is 10.2 Å². The quantitative estimate of drug-likeness (QED) is 0.688. The second kappa shape index (κ2) is 9.14. The van der Waals surface area contributed by atoms with Gasteiger partial charge < -0.3 is 15.5 Å². The van der Waals surface area contributed by atoms with Crippen LogP contribution in [-0.4, -0.2) is 29.5 Å². The van der Waals surface area contributed by atoms with E-state index in [0.29, 0.717) is 6.54 Å². The summed E-state index contributed by atoms with van der Waals surface area (Å²) in [5.41, 5.74) is 2.26. The maximum absolute atomic E-state index is 10.9. The van der Waals surface area contributed by atoms with Gasteiger partial charge in [-0.2, -0.15) is 0 Å². The fourth-order valence-electron chi connectivity index (χ4n) is 3.27. The fraction of sp³-hybridized carbons (Fsp3) is 0.455. The van der Waals surface area contributed by atoms with Crippen LogP contribution < -0.4 is 5.32 Å². The van der Waals surface area contributed by atoms with Crippen molar-refractivity contribution >= 4 is 0 Å². The van der Waals surface area contributed by atoms with E-state index < -0.39 is 6.10 Å². The third-order valence-electron chi connectivity index (χ3n) is 4.83. The summed E-state index contributed by atoms with van der Waals surface area (Å²) in [7, 11) is 0. The monoisotopic (exact) mass is 341 g/mol. The summed E-state index contributed by atoms with van der Waals surface area (Å²) in [6, 6.07) is 20.0. The zero-order chi connectivity index (χ0) is 18.3. The van der Waals surface area contributed by atoms with E-state index in [0.717, 1.165) is 12.0 Å².